The van der Waals surface area contributed by atoms with Gasteiger partial charge in [-0.15, -0.1) is 5.10 Å². The molecule has 0 aliphatic heterocycles. The minimum atomic E-state index is 0.281. The number of aryl methyl sites for hydroxylation is 1. The molecule has 0 N–H and O–H groups in total. The number of rotatable bonds is 3. The smallest absolute Gasteiger partial charge is 0.159 e. The minimum absolute atomic E-state index is 0.281. The monoisotopic (exact) mass is 278 g/mol. The van der Waals surface area contributed by atoms with Crippen molar-refractivity contribution in [3.8, 4) is 16.8 Å². The lowest BCUT2D eigenvalue weighted by atomic mass is 10.0. The van der Waals surface area contributed by atoms with Gasteiger partial charge in [0.25, 0.3) is 0 Å². The van der Waals surface area contributed by atoms with Crippen molar-refractivity contribution in [2.45, 2.75) is 26.7 Å². The molecule has 4 heteroatoms. The summed E-state index contributed by atoms with van der Waals surface area (Å²) in [4.78, 5) is 0. The number of hydrogen-bond donors (Lipinski definition) is 0. The number of hydrogen-bond acceptors (Lipinski definition) is 3. The van der Waals surface area contributed by atoms with Gasteiger partial charge in [-0.2, -0.15) is 4.68 Å². The van der Waals surface area contributed by atoms with Gasteiger partial charge in [0.05, 0.1) is 5.69 Å². The molecule has 0 aliphatic rings. The summed E-state index contributed by atoms with van der Waals surface area (Å²) >= 11 is 0. The zero-order valence-electron chi connectivity index (χ0n) is 12.5. The molecular weight excluding hydrogens is 260 g/mol. The Morgan fingerprint density at radius 1 is 0.952 bits per heavy atom. The second-order valence-electron chi connectivity index (χ2n) is 5.52. The highest BCUT2D eigenvalue weighted by Gasteiger charge is 2.12. The normalized spacial score (nSPS) is 11.0. The van der Waals surface area contributed by atoms with Gasteiger partial charge in [0, 0.05) is 5.92 Å². The Kier molecular flexibility index (Phi) is 3.52. The predicted octanol–water partition coefficient (Wildman–Crippen LogP) is 3.76. The predicted molar refractivity (Wildman–Crippen MR) is 83.4 cm³/mol. The molecule has 0 spiro atoms. The van der Waals surface area contributed by atoms with E-state index >= 15 is 0 Å². The van der Waals surface area contributed by atoms with E-state index in [-0.39, 0.29) is 5.92 Å². The Labute approximate surface area is 124 Å². The average molecular weight is 278 g/mol. The Balaban J connectivity index is 2.04. The lowest BCUT2D eigenvalue weighted by molar-refractivity contribution is 0.710. The number of aromatic nitrogens is 4. The maximum absolute atomic E-state index is 4.11. The molecular formula is C17H18N4. The van der Waals surface area contributed by atoms with Crippen molar-refractivity contribution in [1.82, 2.24) is 20.2 Å². The van der Waals surface area contributed by atoms with Gasteiger partial charge in [-0.1, -0.05) is 55.8 Å². The second kappa shape index (κ2) is 5.48. The Bertz CT molecular complexity index is 741. The van der Waals surface area contributed by atoms with Crippen LogP contribution < -0.4 is 0 Å². The molecule has 0 fully saturated rings. The second-order valence-corrected chi connectivity index (χ2v) is 5.52. The first-order valence-electron chi connectivity index (χ1n) is 7.11. The fraction of sp³-hybridized carbons (Fsp3) is 0.235. The quantitative estimate of drug-likeness (QED) is 0.732. The Morgan fingerprint density at radius 3 is 2.43 bits per heavy atom. The molecule has 0 bridgehead atoms. The third kappa shape index (κ3) is 2.70. The number of tetrazole rings is 1. The molecule has 1 heterocycles. The lowest BCUT2D eigenvalue weighted by Crippen LogP contribution is -2.04. The molecule has 3 rings (SSSR count). The lowest BCUT2D eigenvalue weighted by Gasteiger charge is -2.09. The first-order valence-corrected chi connectivity index (χ1v) is 7.11. The molecule has 0 aliphatic carbocycles. The summed E-state index contributed by atoms with van der Waals surface area (Å²) in [5.74, 6) is 1.15. The van der Waals surface area contributed by atoms with Crippen LogP contribution in [-0.2, 0) is 0 Å². The minimum Gasteiger partial charge on any atom is -0.197 e. The van der Waals surface area contributed by atoms with Crippen molar-refractivity contribution in [2.75, 3.05) is 0 Å². The van der Waals surface area contributed by atoms with Crippen molar-refractivity contribution in [3.63, 3.8) is 0 Å². The van der Waals surface area contributed by atoms with Gasteiger partial charge in [0.2, 0.25) is 0 Å². The summed E-state index contributed by atoms with van der Waals surface area (Å²) in [6, 6.07) is 16.8. The van der Waals surface area contributed by atoms with Crippen LogP contribution in [-0.4, -0.2) is 20.2 Å². The molecule has 0 amide bonds. The third-order valence-corrected chi connectivity index (χ3v) is 3.49. The Hall–Kier alpha value is -2.49. The molecule has 4 nitrogen and oxygen atoms in total. The number of nitrogens with zero attached hydrogens (tertiary/aromatic N) is 4. The van der Waals surface area contributed by atoms with Crippen LogP contribution in [0.3, 0.4) is 0 Å². The molecule has 2 aromatic carbocycles. The van der Waals surface area contributed by atoms with Gasteiger partial charge in [-0.3, -0.25) is 0 Å². The largest absolute Gasteiger partial charge is 0.197 e. The highest BCUT2D eigenvalue weighted by atomic mass is 15.5. The van der Waals surface area contributed by atoms with Crippen LogP contribution in [0.1, 0.15) is 31.2 Å². The maximum atomic E-state index is 4.11. The van der Waals surface area contributed by atoms with Crippen LogP contribution >= 0.6 is 0 Å². The molecule has 0 saturated heterocycles. The molecule has 106 valence electrons. The van der Waals surface area contributed by atoms with Crippen LogP contribution in [0.2, 0.25) is 0 Å². The van der Waals surface area contributed by atoms with Crippen molar-refractivity contribution in [1.29, 1.82) is 0 Å². The summed E-state index contributed by atoms with van der Waals surface area (Å²) in [6.45, 7) is 6.27. The van der Waals surface area contributed by atoms with Gasteiger partial charge in [-0.25, -0.2) is 0 Å². The molecule has 0 unspecified atom stereocenters. The van der Waals surface area contributed by atoms with E-state index in [4.69, 9.17) is 0 Å². The van der Waals surface area contributed by atoms with Crippen LogP contribution in [0.5, 0.6) is 0 Å². The fourth-order valence-electron chi connectivity index (χ4n) is 2.30. The molecule has 1 aromatic heterocycles. The Morgan fingerprint density at radius 2 is 1.71 bits per heavy atom. The topological polar surface area (TPSA) is 43.6 Å². The van der Waals surface area contributed by atoms with Crippen LogP contribution in [0, 0.1) is 6.92 Å². The van der Waals surface area contributed by atoms with Crippen molar-refractivity contribution in [3.05, 3.63) is 59.9 Å². The van der Waals surface area contributed by atoms with Crippen LogP contribution in [0.25, 0.3) is 16.8 Å². The van der Waals surface area contributed by atoms with E-state index in [0.717, 1.165) is 17.1 Å². The van der Waals surface area contributed by atoms with Crippen molar-refractivity contribution < 1.29 is 0 Å². The first kappa shape index (κ1) is 13.5. The molecule has 3 aromatic rings. The first-order chi connectivity index (χ1) is 10.1. The molecule has 0 atom stereocenters. The summed E-state index contributed by atoms with van der Waals surface area (Å²) in [5, 5.41) is 12.0. The molecule has 21 heavy (non-hydrogen) atoms. The fourth-order valence-corrected chi connectivity index (χ4v) is 2.30. The maximum Gasteiger partial charge on any atom is 0.159 e. The summed E-state index contributed by atoms with van der Waals surface area (Å²) in [6.07, 6.45) is 0. The van der Waals surface area contributed by atoms with E-state index in [2.05, 4.69) is 72.7 Å². The van der Waals surface area contributed by atoms with E-state index in [1.807, 2.05) is 16.8 Å². The summed E-state index contributed by atoms with van der Waals surface area (Å²) < 4.78 is 1.81. The summed E-state index contributed by atoms with van der Waals surface area (Å²) in [7, 11) is 0. The van der Waals surface area contributed by atoms with Crippen LogP contribution in [0.15, 0.2) is 48.5 Å². The highest BCUT2D eigenvalue weighted by Crippen LogP contribution is 2.23. The van der Waals surface area contributed by atoms with Crippen LogP contribution in [0.4, 0.5) is 0 Å². The van der Waals surface area contributed by atoms with E-state index in [9.17, 15) is 0 Å². The van der Waals surface area contributed by atoms with Crippen molar-refractivity contribution >= 4 is 0 Å². The zero-order chi connectivity index (χ0) is 14.8. The number of benzene rings is 2. The highest BCUT2D eigenvalue weighted by molar-refractivity contribution is 5.66. The summed E-state index contributed by atoms with van der Waals surface area (Å²) in [5.41, 5.74) is 4.61. The van der Waals surface area contributed by atoms with Gasteiger partial charge in [0.15, 0.2) is 5.82 Å². The third-order valence-electron chi connectivity index (χ3n) is 3.49. The van der Waals surface area contributed by atoms with E-state index in [0.29, 0.717) is 0 Å². The van der Waals surface area contributed by atoms with Gasteiger partial charge in [-0.05, 0) is 40.6 Å². The van der Waals surface area contributed by atoms with E-state index in [1.54, 1.807) is 0 Å². The van der Waals surface area contributed by atoms with Gasteiger partial charge < -0.3 is 0 Å². The van der Waals surface area contributed by atoms with E-state index < -0.39 is 0 Å². The van der Waals surface area contributed by atoms with Gasteiger partial charge in [0.1, 0.15) is 0 Å². The van der Waals surface area contributed by atoms with E-state index in [1.165, 1.54) is 11.1 Å². The van der Waals surface area contributed by atoms with Gasteiger partial charge >= 0.3 is 0 Å². The SMILES string of the molecule is Cc1ccc(-c2cccc(-n3nnnc3C(C)C)c2)cc1. The molecule has 0 saturated carbocycles. The standard InChI is InChI=1S/C17H18N4/c1-12(2)17-18-19-20-21(17)16-6-4-5-15(11-16)14-9-7-13(3)8-10-14/h4-12H,1-3H3. The average Bonchev–Trinajstić information content (AvgIpc) is 2.98. The zero-order valence-corrected chi connectivity index (χ0v) is 12.5. The molecule has 0 radical (unpaired) electrons. The van der Waals surface area contributed by atoms with Crippen molar-refractivity contribution in [2.24, 2.45) is 0 Å².